The van der Waals surface area contributed by atoms with Crippen molar-refractivity contribution < 1.29 is 4.74 Å². The fourth-order valence-electron chi connectivity index (χ4n) is 1.74. The minimum Gasteiger partial charge on any atom is -0.494 e. The van der Waals surface area contributed by atoms with Gasteiger partial charge in [0.25, 0.3) is 0 Å². The van der Waals surface area contributed by atoms with Crippen molar-refractivity contribution in [2.45, 2.75) is 13.8 Å². The first-order valence-corrected chi connectivity index (χ1v) is 5.85. The van der Waals surface area contributed by atoms with Gasteiger partial charge < -0.3 is 10.1 Å². The molecule has 0 aliphatic rings. The monoisotopic (exact) mass is 227 g/mol. The maximum Gasteiger partial charge on any atom is 0.124 e. The third kappa shape index (κ3) is 2.78. The first kappa shape index (κ1) is 11.5. The van der Waals surface area contributed by atoms with E-state index in [1.165, 1.54) is 0 Å². The van der Waals surface area contributed by atoms with Crippen molar-refractivity contribution in [2.75, 3.05) is 11.9 Å². The molecule has 0 saturated heterocycles. The molecular formula is C15H17NO. The molecule has 17 heavy (non-hydrogen) atoms. The minimum absolute atomic E-state index is 0.690. The zero-order valence-electron chi connectivity index (χ0n) is 10.2. The second-order valence-corrected chi connectivity index (χ2v) is 3.85. The van der Waals surface area contributed by atoms with Crippen LogP contribution in [0, 0.1) is 6.92 Å². The summed E-state index contributed by atoms with van der Waals surface area (Å²) < 4.78 is 5.57. The molecule has 0 atom stereocenters. The summed E-state index contributed by atoms with van der Waals surface area (Å²) in [5.41, 5.74) is 3.31. The summed E-state index contributed by atoms with van der Waals surface area (Å²) in [5.74, 6) is 0.938. The van der Waals surface area contributed by atoms with E-state index >= 15 is 0 Å². The van der Waals surface area contributed by atoms with E-state index in [1.54, 1.807) is 0 Å². The van der Waals surface area contributed by atoms with E-state index in [2.05, 4.69) is 18.3 Å². The number of nitrogens with one attached hydrogen (secondary N) is 1. The summed E-state index contributed by atoms with van der Waals surface area (Å²) >= 11 is 0. The summed E-state index contributed by atoms with van der Waals surface area (Å²) in [7, 11) is 0. The summed E-state index contributed by atoms with van der Waals surface area (Å²) in [5, 5.41) is 3.39. The van der Waals surface area contributed by atoms with Crippen LogP contribution in [0.1, 0.15) is 12.5 Å². The molecule has 1 N–H and O–H groups in total. The number of ether oxygens (including phenoxy) is 1. The Morgan fingerprint density at radius 3 is 2.47 bits per heavy atom. The Kier molecular flexibility index (Phi) is 3.66. The Hall–Kier alpha value is -1.96. The van der Waals surface area contributed by atoms with Gasteiger partial charge in [-0.15, -0.1) is 0 Å². The highest BCUT2D eigenvalue weighted by Gasteiger charge is 2.04. The molecule has 0 radical (unpaired) electrons. The summed E-state index contributed by atoms with van der Waals surface area (Å²) in [4.78, 5) is 0. The first-order chi connectivity index (χ1) is 8.31. The number of anilines is 2. The van der Waals surface area contributed by atoms with E-state index in [0.29, 0.717) is 6.61 Å². The highest BCUT2D eigenvalue weighted by Crippen LogP contribution is 2.27. The quantitative estimate of drug-likeness (QED) is 0.847. The van der Waals surface area contributed by atoms with Crippen LogP contribution in [0.5, 0.6) is 5.75 Å². The zero-order valence-corrected chi connectivity index (χ0v) is 10.2. The van der Waals surface area contributed by atoms with E-state index in [4.69, 9.17) is 4.74 Å². The molecular weight excluding hydrogens is 210 g/mol. The van der Waals surface area contributed by atoms with E-state index in [0.717, 1.165) is 22.7 Å². The smallest absolute Gasteiger partial charge is 0.124 e. The van der Waals surface area contributed by atoms with Crippen LogP contribution < -0.4 is 10.1 Å². The maximum atomic E-state index is 5.57. The van der Waals surface area contributed by atoms with Gasteiger partial charge in [-0.25, -0.2) is 0 Å². The Morgan fingerprint density at radius 1 is 1.00 bits per heavy atom. The standard InChI is InChI=1S/C15H17NO/c1-3-17-15-11-7-10-14(12(15)2)16-13-8-5-4-6-9-13/h4-11,16H,3H2,1-2H3. The third-order valence-electron chi connectivity index (χ3n) is 2.64. The van der Waals surface area contributed by atoms with Crippen molar-refractivity contribution in [1.82, 2.24) is 0 Å². The molecule has 0 unspecified atom stereocenters. The number of hydrogen-bond donors (Lipinski definition) is 1. The molecule has 2 aromatic rings. The summed E-state index contributed by atoms with van der Waals surface area (Å²) in [6, 6.07) is 16.2. The molecule has 0 aliphatic carbocycles. The second-order valence-electron chi connectivity index (χ2n) is 3.85. The number of para-hydroxylation sites is 1. The molecule has 0 aliphatic heterocycles. The van der Waals surface area contributed by atoms with Crippen LogP contribution >= 0.6 is 0 Å². The largest absolute Gasteiger partial charge is 0.494 e. The van der Waals surface area contributed by atoms with Gasteiger partial charge in [0.15, 0.2) is 0 Å². The van der Waals surface area contributed by atoms with Gasteiger partial charge in [0.05, 0.1) is 6.61 Å². The SMILES string of the molecule is CCOc1cccc(Nc2ccccc2)c1C. The lowest BCUT2D eigenvalue weighted by molar-refractivity contribution is 0.338. The van der Waals surface area contributed by atoms with Gasteiger partial charge in [0, 0.05) is 16.9 Å². The Bertz CT molecular complexity index is 480. The van der Waals surface area contributed by atoms with Crippen molar-refractivity contribution in [1.29, 1.82) is 0 Å². The molecule has 2 rings (SSSR count). The number of benzene rings is 2. The van der Waals surface area contributed by atoms with Crippen LogP contribution in [0.25, 0.3) is 0 Å². The lowest BCUT2D eigenvalue weighted by Crippen LogP contribution is -1.98. The molecule has 2 aromatic carbocycles. The lowest BCUT2D eigenvalue weighted by atomic mass is 10.1. The van der Waals surface area contributed by atoms with Crippen LogP contribution in [0.2, 0.25) is 0 Å². The average molecular weight is 227 g/mol. The van der Waals surface area contributed by atoms with Gasteiger partial charge in [0.1, 0.15) is 5.75 Å². The zero-order chi connectivity index (χ0) is 12.1. The van der Waals surface area contributed by atoms with Crippen molar-refractivity contribution in [3.05, 3.63) is 54.1 Å². The van der Waals surface area contributed by atoms with Gasteiger partial charge in [0.2, 0.25) is 0 Å². The van der Waals surface area contributed by atoms with Crippen LogP contribution in [-0.2, 0) is 0 Å². The Labute approximate surface area is 102 Å². The highest BCUT2D eigenvalue weighted by molar-refractivity contribution is 5.65. The Balaban J connectivity index is 2.24. The normalized spacial score (nSPS) is 10.0. The average Bonchev–Trinajstić information content (AvgIpc) is 2.36. The molecule has 2 heteroatoms. The van der Waals surface area contributed by atoms with Gasteiger partial charge >= 0.3 is 0 Å². The number of rotatable bonds is 4. The molecule has 0 bridgehead atoms. The molecule has 0 saturated carbocycles. The molecule has 0 heterocycles. The van der Waals surface area contributed by atoms with E-state index in [9.17, 15) is 0 Å². The fourth-order valence-corrected chi connectivity index (χ4v) is 1.74. The predicted molar refractivity (Wildman–Crippen MR) is 72.1 cm³/mol. The van der Waals surface area contributed by atoms with Crippen LogP contribution in [-0.4, -0.2) is 6.61 Å². The Morgan fingerprint density at radius 2 is 1.76 bits per heavy atom. The molecule has 0 amide bonds. The highest BCUT2D eigenvalue weighted by atomic mass is 16.5. The minimum atomic E-state index is 0.690. The van der Waals surface area contributed by atoms with Gasteiger partial charge in [-0.1, -0.05) is 24.3 Å². The molecule has 0 aromatic heterocycles. The maximum absolute atomic E-state index is 5.57. The van der Waals surface area contributed by atoms with Crippen LogP contribution in [0.15, 0.2) is 48.5 Å². The summed E-state index contributed by atoms with van der Waals surface area (Å²) in [6.45, 7) is 4.75. The predicted octanol–water partition coefficient (Wildman–Crippen LogP) is 4.14. The van der Waals surface area contributed by atoms with Gasteiger partial charge in [-0.3, -0.25) is 0 Å². The molecule has 0 fully saturated rings. The van der Waals surface area contributed by atoms with Crippen molar-refractivity contribution >= 4 is 11.4 Å². The molecule has 2 nitrogen and oxygen atoms in total. The molecule has 88 valence electrons. The van der Waals surface area contributed by atoms with Gasteiger partial charge in [-0.2, -0.15) is 0 Å². The van der Waals surface area contributed by atoms with Crippen molar-refractivity contribution in [3.8, 4) is 5.75 Å². The van der Waals surface area contributed by atoms with Crippen molar-refractivity contribution in [3.63, 3.8) is 0 Å². The third-order valence-corrected chi connectivity index (χ3v) is 2.64. The topological polar surface area (TPSA) is 21.3 Å². The van der Waals surface area contributed by atoms with Crippen LogP contribution in [0.4, 0.5) is 11.4 Å². The van der Waals surface area contributed by atoms with E-state index in [-0.39, 0.29) is 0 Å². The lowest BCUT2D eigenvalue weighted by Gasteiger charge is -2.13. The van der Waals surface area contributed by atoms with Crippen molar-refractivity contribution in [2.24, 2.45) is 0 Å². The number of hydrogen-bond acceptors (Lipinski definition) is 2. The second kappa shape index (κ2) is 5.39. The first-order valence-electron chi connectivity index (χ1n) is 5.85. The van der Waals surface area contributed by atoms with Crippen LogP contribution in [0.3, 0.4) is 0 Å². The summed E-state index contributed by atoms with van der Waals surface area (Å²) in [6.07, 6.45) is 0. The fraction of sp³-hybridized carbons (Fsp3) is 0.200. The molecule has 0 spiro atoms. The van der Waals surface area contributed by atoms with E-state index < -0.39 is 0 Å². The van der Waals surface area contributed by atoms with E-state index in [1.807, 2.05) is 49.4 Å². The van der Waals surface area contributed by atoms with Gasteiger partial charge in [-0.05, 0) is 38.1 Å².